The fourth-order valence-corrected chi connectivity index (χ4v) is 2.28. The lowest BCUT2D eigenvalue weighted by Gasteiger charge is -2.06. The minimum absolute atomic E-state index is 0.00846. The second-order valence-electron chi connectivity index (χ2n) is 4.75. The second kappa shape index (κ2) is 7.53. The molecule has 0 bridgehead atoms. The van der Waals surface area contributed by atoms with Crippen LogP contribution in [0.3, 0.4) is 0 Å². The van der Waals surface area contributed by atoms with E-state index in [-0.39, 0.29) is 17.1 Å². The van der Waals surface area contributed by atoms with E-state index in [1.54, 1.807) is 24.3 Å². The molecule has 0 fully saturated rings. The van der Waals surface area contributed by atoms with E-state index in [1.807, 2.05) is 0 Å². The molecule has 3 aromatic rings. The van der Waals surface area contributed by atoms with Crippen LogP contribution in [0.25, 0.3) is 22.3 Å². The first-order chi connectivity index (χ1) is 11.5. The number of benzene rings is 2. The van der Waals surface area contributed by atoms with Crippen LogP contribution in [0.15, 0.2) is 41.2 Å². The Bertz CT molecular complexity index is 1030. The molecule has 0 spiro atoms. The number of fused-ring (bicyclic) bond motifs is 1. The summed E-state index contributed by atoms with van der Waals surface area (Å²) in [5, 5.41) is 11.1. The van der Waals surface area contributed by atoms with Crippen LogP contribution in [0.4, 0.5) is 0 Å². The molecule has 3 rings (SSSR count). The quantitative estimate of drug-likeness (QED) is 0.392. The van der Waals surface area contributed by atoms with Crippen molar-refractivity contribution in [2.75, 3.05) is 0 Å². The Morgan fingerprint density at radius 1 is 1.00 bits per heavy atom. The monoisotopic (exact) mass is 404 g/mol. The summed E-state index contributed by atoms with van der Waals surface area (Å²) < 4.78 is 8.88. The van der Waals surface area contributed by atoms with Crippen LogP contribution in [-0.2, 0) is 4.57 Å². The lowest BCUT2D eigenvalue weighted by Crippen LogP contribution is -2.09. The van der Waals surface area contributed by atoms with Crippen LogP contribution in [0.2, 0.25) is 10.0 Å². The van der Waals surface area contributed by atoms with Gasteiger partial charge in [-0.05, 0) is 36.4 Å². The molecule has 11 heteroatoms. The molecule has 2 aromatic carbocycles. The smallest absolute Gasteiger partial charge is 0.466 e. The molecule has 132 valence electrons. The minimum atomic E-state index is -4.64. The summed E-state index contributed by atoms with van der Waals surface area (Å²) in [6.45, 7) is 0. The molecule has 0 unspecified atom stereocenters. The topological polar surface area (TPSA) is 144 Å². The van der Waals surface area contributed by atoms with Crippen molar-refractivity contribution in [1.29, 1.82) is 0 Å². The first-order valence-electron chi connectivity index (χ1n) is 6.51. The fraction of sp³-hybridized carbons (Fsp3) is 0. The normalized spacial score (nSPS) is 11.1. The number of rotatable bonds is 1. The van der Waals surface area contributed by atoms with Crippen molar-refractivity contribution in [2.45, 2.75) is 0 Å². The van der Waals surface area contributed by atoms with Crippen molar-refractivity contribution in [1.82, 2.24) is 9.97 Å². The number of H-pyrrole nitrogens is 1. The van der Waals surface area contributed by atoms with Crippen molar-refractivity contribution in [3.8, 4) is 17.1 Å². The number of halogens is 2. The third-order valence-electron chi connectivity index (χ3n) is 2.88. The zero-order valence-electron chi connectivity index (χ0n) is 12.2. The van der Waals surface area contributed by atoms with E-state index < -0.39 is 7.82 Å². The summed E-state index contributed by atoms with van der Waals surface area (Å²) in [6, 6.07) is 9.39. The third kappa shape index (κ3) is 5.54. The number of aromatic nitrogens is 2. The molecule has 0 aliphatic heterocycles. The maximum atomic E-state index is 12.1. The number of hydrogen-bond donors (Lipinski definition) is 5. The molecule has 0 radical (unpaired) electrons. The molecule has 1 aromatic heterocycles. The highest BCUT2D eigenvalue weighted by atomic mass is 35.5. The Morgan fingerprint density at radius 3 is 2.20 bits per heavy atom. The Morgan fingerprint density at radius 2 is 1.56 bits per heavy atom. The molecule has 0 amide bonds. The van der Waals surface area contributed by atoms with Gasteiger partial charge in [0, 0.05) is 10.0 Å². The Kier molecular flexibility index (Phi) is 5.84. The van der Waals surface area contributed by atoms with Gasteiger partial charge < -0.3 is 24.8 Å². The Labute approximate surface area is 150 Å². The van der Waals surface area contributed by atoms with E-state index in [0.29, 0.717) is 26.5 Å². The lowest BCUT2D eigenvalue weighted by molar-refractivity contribution is 0.275. The van der Waals surface area contributed by atoms with Gasteiger partial charge in [-0.1, -0.05) is 23.2 Å². The van der Waals surface area contributed by atoms with Crippen molar-refractivity contribution < 1.29 is 24.4 Å². The number of aromatic amines is 1. The van der Waals surface area contributed by atoms with E-state index >= 15 is 0 Å². The molecule has 0 atom stereocenters. The van der Waals surface area contributed by atoms with E-state index in [4.69, 9.17) is 42.4 Å². The van der Waals surface area contributed by atoms with E-state index in [2.05, 4.69) is 9.97 Å². The van der Waals surface area contributed by atoms with Gasteiger partial charge >= 0.3 is 7.82 Å². The Balaban J connectivity index is 0.000000399. The summed E-state index contributed by atoms with van der Waals surface area (Å²) in [7, 11) is -4.64. The number of nitrogens with one attached hydrogen (secondary N) is 1. The average Bonchev–Trinajstić information content (AvgIpc) is 2.48. The van der Waals surface area contributed by atoms with Gasteiger partial charge in [0.15, 0.2) is 0 Å². The highest BCUT2D eigenvalue weighted by Crippen LogP contribution is 2.29. The van der Waals surface area contributed by atoms with E-state index in [0.717, 1.165) is 0 Å². The zero-order chi connectivity index (χ0) is 18.8. The number of aromatic hydroxyl groups is 1. The van der Waals surface area contributed by atoms with Gasteiger partial charge in [-0.3, -0.25) is 4.79 Å². The lowest BCUT2D eigenvalue weighted by atomic mass is 10.1. The van der Waals surface area contributed by atoms with Gasteiger partial charge in [0.2, 0.25) is 0 Å². The van der Waals surface area contributed by atoms with Gasteiger partial charge in [0.1, 0.15) is 11.6 Å². The number of phenolic OH excluding ortho intramolecular Hbond substituents is 1. The maximum Gasteiger partial charge on any atom is 0.466 e. The SMILES string of the molecule is O=P(O)(O)O.O=c1[nH]c(-c2cc(Cl)ccc2O)nc2ccc(Cl)cc12. The minimum Gasteiger partial charge on any atom is -0.507 e. The molecule has 0 saturated carbocycles. The number of hydrogen-bond acceptors (Lipinski definition) is 4. The van der Waals surface area contributed by atoms with Crippen molar-refractivity contribution in [2.24, 2.45) is 0 Å². The van der Waals surface area contributed by atoms with Gasteiger partial charge in [0.25, 0.3) is 5.56 Å². The van der Waals surface area contributed by atoms with Crippen molar-refractivity contribution >= 4 is 41.9 Å². The highest BCUT2D eigenvalue weighted by molar-refractivity contribution is 7.45. The van der Waals surface area contributed by atoms with E-state index in [9.17, 15) is 9.90 Å². The molecular weight excluding hydrogens is 394 g/mol. The van der Waals surface area contributed by atoms with Crippen LogP contribution in [-0.4, -0.2) is 29.8 Å². The third-order valence-corrected chi connectivity index (χ3v) is 3.35. The second-order valence-corrected chi connectivity index (χ2v) is 6.65. The molecule has 8 nitrogen and oxygen atoms in total. The highest BCUT2D eigenvalue weighted by Gasteiger charge is 2.10. The summed E-state index contributed by atoms with van der Waals surface area (Å²) in [5.74, 6) is 0.246. The first-order valence-corrected chi connectivity index (χ1v) is 8.83. The molecule has 1 heterocycles. The summed E-state index contributed by atoms with van der Waals surface area (Å²) in [6.07, 6.45) is 0. The van der Waals surface area contributed by atoms with Gasteiger partial charge in [-0.15, -0.1) is 0 Å². The molecular formula is C14H11Cl2N2O6P. The van der Waals surface area contributed by atoms with Crippen LogP contribution in [0.1, 0.15) is 0 Å². The predicted octanol–water partition coefficient (Wildman–Crippen LogP) is 2.67. The predicted molar refractivity (Wildman–Crippen MR) is 93.7 cm³/mol. The van der Waals surface area contributed by atoms with Crippen molar-refractivity contribution in [3.05, 3.63) is 56.8 Å². The molecule has 25 heavy (non-hydrogen) atoms. The van der Waals surface area contributed by atoms with E-state index in [1.165, 1.54) is 12.1 Å². The van der Waals surface area contributed by atoms with Crippen molar-refractivity contribution in [3.63, 3.8) is 0 Å². The summed E-state index contributed by atoms with van der Waals surface area (Å²) in [5.41, 5.74) is 0.533. The molecule has 5 N–H and O–H groups in total. The number of nitrogens with zero attached hydrogens (tertiary/aromatic N) is 1. The maximum absolute atomic E-state index is 12.1. The number of phenols is 1. The van der Waals surface area contributed by atoms with Gasteiger partial charge in [-0.2, -0.15) is 0 Å². The van der Waals surface area contributed by atoms with Crippen LogP contribution in [0, 0.1) is 0 Å². The average molecular weight is 405 g/mol. The van der Waals surface area contributed by atoms with Crippen LogP contribution < -0.4 is 5.56 Å². The van der Waals surface area contributed by atoms with Gasteiger partial charge in [-0.25, -0.2) is 9.55 Å². The largest absolute Gasteiger partial charge is 0.507 e. The Hall–Kier alpha value is -1.93. The molecule has 0 aliphatic carbocycles. The zero-order valence-corrected chi connectivity index (χ0v) is 14.6. The summed E-state index contributed by atoms with van der Waals surface area (Å²) in [4.78, 5) is 40.5. The van der Waals surface area contributed by atoms with Gasteiger partial charge in [0.05, 0.1) is 16.5 Å². The summed E-state index contributed by atoms with van der Waals surface area (Å²) >= 11 is 11.8. The number of phosphoric acid groups is 1. The first kappa shape index (κ1) is 19.4. The molecule has 0 aliphatic rings. The molecule has 0 saturated heterocycles. The standard InChI is InChI=1S/C14H8Cl2N2O2.H3O4P/c15-7-1-3-11-9(5-7)14(20)18-13(17-11)10-6-8(16)2-4-12(10)19;1-5(2,3)4/h1-6,19H,(H,17,18,20);(H3,1,2,3,4). The van der Waals surface area contributed by atoms with Crippen LogP contribution >= 0.6 is 31.0 Å². The fourth-order valence-electron chi connectivity index (χ4n) is 1.94. The van der Waals surface area contributed by atoms with Crippen LogP contribution in [0.5, 0.6) is 5.75 Å².